The number of fused-ring (bicyclic) bond motifs is 1. The minimum atomic E-state index is -0.287. The van der Waals surface area contributed by atoms with Gasteiger partial charge in [0.05, 0.1) is 27.3 Å². The molecule has 0 spiro atoms. The average molecular weight is 321 g/mol. The van der Waals surface area contributed by atoms with Crippen molar-refractivity contribution in [2.45, 2.75) is 11.8 Å². The second kappa shape index (κ2) is 4.65. The zero-order valence-corrected chi connectivity index (χ0v) is 11.4. The molecule has 1 aromatic heterocycles. The Balaban J connectivity index is 2.46. The van der Waals surface area contributed by atoms with Gasteiger partial charge in [-0.1, -0.05) is 27.5 Å². The minimum Gasteiger partial charge on any atom is -0.322 e. The summed E-state index contributed by atoms with van der Waals surface area (Å²) in [5, 5.41) is 3.19. The smallest absolute Gasteiger partial charge is 0.237 e. The van der Waals surface area contributed by atoms with Gasteiger partial charge in [-0.15, -0.1) is 0 Å². The Morgan fingerprint density at radius 1 is 1.56 bits per heavy atom. The van der Waals surface area contributed by atoms with E-state index in [0.717, 1.165) is 17.2 Å². The first-order chi connectivity index (χ1) is 7.59. The Kier molecular flexibility index (Phi) is 3.41. The molecule has 4 nitrogen and oxygen atoms in total. The molecule has 1 aromatic carbocycles. The van der Waals surface area contributed by atoms with Crippen molar-refractivity contribution in [2.75, 3.05) is 5.32 Å². The number of benzene rings is 1. The van der Waals surface area contributed by atoms with Crippen LogP contribution in [0.15, 0.2) is 12.1 Å². The van der Waals surface area contributed by atoms with E-state index in [1.165, 1.54) is 0 Å². The first kappa shape index (κ1) is 11.8. The highest BCUT2D eigenvalue weighted by molar-refractivity contribution is 9.10. The summed E-state index contributed by atoms with van der Waals surface area (Å²) in [4.78, 5) is 11.3. The van der Waals surface area contributed by atoms with Crippen molar-refractivity contribution < 1.29 is 4.79 Å². The standard InChI is InChI=1S/C9H7BrClN3OS/c1-4(10)9(15)12-7-5(11)2-3-6-8(7)14-16-13-6/h2-4H,1H3,(H,12,15). The highest BCUT2D eigenvalue weighted by Gasteiger charge is 2.15. The Bertz CT molecular complexity index is 543. The van der Waals surface area contributed by atoms with Crippen LogP contribution in [0.3, 0.4) is 0 Å². The van der Waals surface area contributed by atoms with Crippen molar-refractivity contribution in [2.24, 2.45) is 0 Å². The lowest BCUT2D eigenvalue weighted by atomic mass is 10.2. The van der Waals surface area contributed by atoms with E-state index in [0.29, 0.717) is 16.2 Å². The fraction of sp³-hybridized carbons (Fsp3) is 0.222. The topological polar surface area (TPSA) is 54.9 Å². The third-order valence-corrected chi connectivity index (χ3v) is 3.26. The van der Waals surface area contributed by atoms with E-state index in [-0.39, 0.29) is 10.7 Å². The maximum absolute atomic E-state index is 11.6. The molecule has 1 unspecified atom stereocenters. The van der Waals surface area contributed by atoms with Crippen LogP contribution >= 0.6 is 39.3 Å². The second-order valence-electron chi connectivity index (χ2n) is 3.16. The fourth-order valence-electron chi connectivity index (χ4n) is 1.17. The molecule has 0 aliphatic heterocycles. The molecule has 84 valence electrons. The van der Waals surface area contributed by atoms with Crippen LogP contribution in [0.1, 0.15) is 6.92 Å². The number of carbonyl (C=O) groups is 1. The van der Waals surface area contributed by atoms with Crippen molar-refractivity contribution in [1.82, 2.24) is 8.75 Å². The quantitative estimate of drug-likeness (QED) is 0.865. The van der Waals surface area contributed by atoms with Gasteiger partial charge in [-0.25, -0.2) is 0 Å². The molecule has 1 heterocycles. The van der Waals surface area contributed by atoms with Gasteiger partial charge < -0.3 is 5.32 Å². The second-order valence-corrected chi connectivity index (χ2v) is 5.47. The van der Waals surface area contributed by atoms with Crippen molar-refractivity contribution in [1.29, 1.82) is 0 Å². The van der Waals surface area contributed by atoms with Crippen LogP contribution in [0.2, 0.25) is 5.02 Å². The largest absolute Gasteiger partial charge is 0.322 e. The normalized spacial score (nSPS) is 12.7. The number of aromatic nitrogens is 2. The van der Waals surface area contributed by atoms with Crippen LogP contribution in [0.4, 0.5) is 5.69 Å². The summed E-state index contributed by atoms with van der Waals surface area (Å²) < 4.78 is 8.19. The van der Waals surface area contributed by atoms with Gasteiger partial charge in [0.2, 0.25) is 5.91 Å². The number of hydrogen-bond donors (Lipinski definition) is 1. The average Bonchev–Trinajstić information content (AvgIpc) is 2.70. The zero-order valence-electron chi connectivity index (χ0n) is 8.20. The SMILES string of the molecule is CC(Br)C(=O)Nc1c(Cl)ccc2nsnc12. The molecule has 16 heavy (non-hydrogen) atoms. The number of carbonyl (C=O) groups excluding carboxylic acids is 1. The number of halogens is 2. The lowest BCUT2D eigenvalue weighted by Crippen LogP contribution is -2.20. The molecular weight excluding hydrogens is 314 g/mol. The van der Waals surface area contributed by atoms with Crippen LogP contribution in [0, 0.1) is 0 Å². The van der Waals surface area contributed by atoms with E-state index in [9.17, 15) is 4.79 Å². The molecule has 1 amide bonds. The van der Waals surface area contributed by atoms with Gasteiger partial charge in [-0.2, -0.15) is 8.75 Å². The number of hydrogen-bond acceptors (Lipinski definition) is 4. The van der Waals surface area contributed by atoms with Gasteiger partial charge in [-0.05, 0) is 19.1 Å². The Morgan fingerprint density at radius 3 is 3.00 bits per heavy atom. The molecule has 2 rings (SSSR count). The van der Waals surface area contributed by atoms with Crippen LogP contribution in [-0.2, 0) is 4.79 Å². The lowest BCUT2D eigenvalue weighted by molar-refractivity contribution is -0.115. The molecular formula is C9H7BrClN3OS. The van der Waals surface area contributed by atoms with E-state index in [4.69, 9.17) is 11.6 Å². The summed E-state index contributed by atoms with van der Waals surface area (Å²) in [5.41, 5.74) is 1.87. The van der Waals surface area contributed by atoms with Gasteiger partial charge in [0, 0.05) is 0 Å². The fourth-order valence-corrected chi connectivity index (χ4v) is 2.03. The molecule has 0 bridgehead atoms. The molecule has 0 aliphatic rings. The molecule has 0 aliphatic carbocycles. The first-order valence-corrected chi connectivity index (χ1v) is 6.47. The number of rotatable bonds is 2. The molecule has 0 saturated carbocycles. The molecule has 0 fully saturated rings. The number of anilines is 1. The molecule has 2 aromatic rings. The molecule has 0 radical (unpaired) electrons. The minimum absolute atomic E-state index is 0.164. The van der Waals surface area contributed by atoms with Crippen LogP contribution < -0.4 is 5.32 Å². The predicted molar refractivity (Wildman–Crippen MR) is 69.4 cm³/mol. The summed E-state index contributed by atoms with van der Waals surface area (Å²) in [6.07, 6.45) is 0. The van der Waals surface area contributed by atoms with Gasteiger partial charge in [0.25, 0.3) is 0 Å². The maximum atomic E-state index is 11.6. The molecule has 0 saturated heterocycles. The number of alkyl halides is 1. The summed E-state index contributed by atoms with van der Waals surface area (Å²) in [6, 6.07) is 3.47. The van der Waals surface area contributed by atoms with E-state index < -0.39 is 0 Å². The monoisotopic (exact) mass is 319 g/mol. The summed E-state index contributed by atoms with van der Waals surface area (Å²) in [7, 11) is 0. The van der Waals surface area contributed by atoms with E-state index in [1.54, 1.807) is 19.1 Å². The zero-order chi connectivity index (χ0) is 11.7. The number of nitrogens with zero attached hydrogens (tertiary/aromatic N) is 2. The third kappa shape index (κ3) is 2.18. The molecule has 7 heteroatoms. The van der Waals surface area contributed by atoms with Crippen LogP contribution in [0.25, 0.3) is 11.0 Å². The Morgan fingerprint density at radius 2 is 2.31 bits per heavy atom. The van der Waals surface area contributed by atoms with Gasteiger partial charge in [0.1, 0.15) is 11.0 Å². The number of amides is 1. The highest BCUT2D eigenvalue weighted by atomic mass is 79.9. The maximum Gasteiger partial charge on any atom is 0.237 e. The number of nitrogens with one attached hydrogen (secondary N) is 1. The van der Waals surface area contributed by atoms with Gasteiger partial charge in [-0.3, -0.25) is 4.79 Å². The summed E-state index contributed by atoms with van der Waals surface area (Å²) in [6.45, 7) is 1.74. The third-order valence-electron chi connectivity index (χ3n) is 1.99. The van der Waals surface area contributed by atoms with Crippen molar-refractivity contribution in [3.8, 4) is 0 Å². The Hall–Kier alpha value is -0.720. The molecule has 1 atom stereocenters. The molecule has 1 N–H and O–H groups in total. The van der Waals surface area contributed by atoms with E-state index >= 15 is 0 Å². The summed E-state index contributed by atoms with van der Waals surface area (Å²) >= 11 is 10.3. The van der Waals surface area contributed by atoms with Crippen molar-refractivity contribution in [3.63, 3.8) is 0 Å². The highest BCUT2D eigenvalue weighted by Crippen LogP contribution is 2.30. The van der Waals surface area contributed by atoms with E-state index in [2.05, 4.69) is 30.0 Å². The van der Waals surface area contributed by atoms with Crippen LogP contribution in [0.5, 0.6) is 0 Å². The van der Waals surface area contributed by atoms with E-state index in [1.807, 2.05) is 0 Å². The van der Waals surface area contributed by atoms with Crippen molar-refractivity contribution >= 4 is 61.9 Å². The summed E-state index contributed by atoms with van der Waals surface area (Å²) in [5.74, 6) is -0.164. The Labute approximate surface area is 109 Å². The predicted octanol–water partition coefficient (Wildman–Crippen LogP) is 3.07. The first-order valence-electron chi connectivity index (χ1n) is 4.45. The van der Waals surface area contributed by atoms with Crippen LogP contribution in [-0.4, -0.2) is 19.5 Å². The van der Waals surface area contributed by atoms with Crippen molar-refractivity contribution in [3.05, 3.63) is 17.2 Å². The van der Waals surface area contributed by atoms with Gasteiger partial charge >= 0.3 is 0 Å². The lowest BCUT2D eigenvalue weighted by Gasteiger charge is -2.08. The van der Waals surface area contributed by atoms with Gasteiger partial charge in [0.15, 0.2) is 0 Å².